The quantitative estimate of drug-likeness (QED) is 0.813. The molecule has 0 aliphatic carbocycles. The van der Waals surface area contributed by atoms with Crippen LogP contribution in [-0.4, -0.2) is 8.42 Å². The lowest BCUT2D eigenvalue weighted by molar-refractivity contribution is 0.572. The van der Waals surface area contributed by atoms with E-state index in [1.165, 1.54) is 0 Å². The van der Waals surface area contributed by atoms with E-state index in [1.807, 2.05) is 38.1 Å². The molecule has 0 fully saturated rings. The van der Waals surface area contributed by atoms with Crippen LogP contribution in [0.15, 0.2) is 78.2 Å². The van der Waals surface area contributed by atoms with Crippen molar-refractivity contribution in [2.75, 3.05) is 0 Å². The molecule has 0 bridgehead atoms. The SMILES string of the molecule is C=CC(=C)C(NS(=O)(=O)c1ccc(C)cc1)c1ccccc1C. The van der Waals surface area contributed by atoms with Gasteiger partial charge in [0.2, 0.25) is 10.0 Å². The number of hydrogen-bond donors (Lipinski definition) is 1. The fraction of sp³-hybridized carbons (Fsp3) is 0.158. The molecule has 2 rings (SSSR count). The molecule has 0 radical (unpaired) electrons. The zero-order valence-electron chi connectivity index (χ0n) is 13.4. The minimum atomic E-state index is -3.65. The van der Waals surface area contributed by atoms with Crippen molar-refractivity contribution < 1.29 is 8.42 Å². The number of aryl methyl sites for hydroxylation is 2. The first-order chi connectivity index (χ1) is 10.8. The van der Waals surface area contributed by atoms with Gasteiger partial charge in [0, 0.05) is 0 Å². The van der Waals surface area contributed by atoms with Gasteiger partial charge < -0.3 is 0 Å². The molecule has 2 aromatic rings. The summed E-state index contributed by atoms with van der Waals surface area (Å²) in [5, 5.41) is 0. The van der Waals surface area contributed by atoms with E-state index in [2.05, 4.69) is 17.9 Å². The maximum Gasteiger partial charge on any atom is 0.241 e. The van der Waals surface area contributed by atoms with Crippen LogP contribution in [0.5, 0.6) is 0 Å². The predicted octanol–water partition coefficient (Wildman–Crippen LogP) is 4.07. The molecule has 1 atom stereocenters. The maximum atomic E-state index is 12.7. The monoisotopic (exact) mass is 327 g/mol. The minimum Gasteiger partial charge on any atom is -0.207 e. The van der Waals surface area contributed by atoms with Crippen molar-refractivity contribution in [3.8, 4) is 0 Å². The van der Waals surface area contributed by atoms with Gasteiger partial charge in [0.25, 0.3) is 0 Å². The fourth-order valence-corrected chi connectivity index (χ4v) is 3.53. The number of nitrogens with one attached hydrogen (secondary N) is 1. The first kappa shape index (κ1) is 17.2. The Labute approximate surface area is 138 Å². The van der Waals surface area contributed by atoms with Gasteiger partial charge in [-0.3, -0.25) is 0 Å². The van der Waals surface area contributed by atoms with Crippen molar-refractivity contribution in [2.45, 2.75) is 24.8 Å². The highest BCUT2D eigenvalue weighted by Crippen LogP contribution is 2.26. The molecule has 4 heteroatoms. The first-order valence-corrected chi connectivity index (χ1v) is 8.79. The fourth-order valence-electron chi connectivity index (χ4n) is 2.31. The van der Waals surface area contributed by atoms with Crippen LogP contribution in [0.2, 0.25) is 0 Å². The average Bonchev–Trinajstić information content (AvgIpc) is 2.53. The molecular formula is C19H21NO2S. The summed E-state index contributed by atoms with van der Waals surface area (Å²) < 4.78 is 28.1. The van der Waals surface area contributed by atoms with Gasteiger partial charge in [0.1, 0.15) is 0 Å². The van der Waals surface area contributed by atoms with Gasteiger partial charge in [0.15, 0.2) is 0 Å². The highest BCUT2D eigenvalue weighted by molar-refractivity contribution is 7.89. The molecule has 0 aromatic heterocycles. The lowest BCUT2D eigenvalue weighted by atomic mass is 9.97. The summed E-state index contributed by atoms with van der Waals surface area (Å²) in [6, 6.07) is 13.9. The molecule has 0 amide bonds. The van der Waals surface area contributed by atoms with E-state index >= 15 is 0 Å². The largest absolute Gasteiger partial charge is 0.241 e. The molecule has 0 spiro atoms. The van der Waals surface area contributed by atoms with Gasteiger partial charge in [-0.2, -0.15) is 4.72 Å². The van der Waals surface area contributed by atoms with E-state index in [4.69, 9.17) is 0 Å². The highest BCUT2D eigenvalue weighted by atomic mass is 32.2. The molecule has 23 heavy (non-hydrogen) atoms. The first-order valence-electron chi connectivity index (χ1n) is 7.31. The van der Waals surface area contributed by atoms with Crippen molar-refractivity contribution in [1.82, 2.24) is 4.72 Å². The molecule has 0 saturated carbocycles. The lowest BCUT2D eigenvalue weighted by Crippen LogP contribution is -2.30. The molecule has 3 nitrogen and oxygen atoms in total. The van der Waals surface area contributed by atoms with Crippen LogP contribution in [-0.2, 0) is 10.0 Å². The van der Waals surface area contributed by atoms with Crippen LogP contribution >= 0.6 is 0 Å². The summed E-state index contributed by atoms with van der Waals surface area (Å²) >= 11 is 0. The topological polar surface area (TPSA) is 46.2 Å². The van der Waals surface area contributed by atoms with Crippen molar-refractivity contribution in [1.29, 1.82) is 0 Å². The van der Waals surface area contributed by atoms with Crippen LogP contribution in [0.3, 0.4) is 0 Å². The van der Waals surface area contributed by atoms with E-state index in [0.717, 1.165) is 16.7 Å². The molecule has 0 aliphatic rings. The van der Waals surface area contributed by atoms with Crippen LogP contribution < -0.4 is 4.72 Å². The third-order valence-electron chi connectivity index (χ3n) is 3.74. The molecule has 0 aliphatic heterocycles. The summed E-state index contributed by atoms with van der Waals surface area (Å²) in [4.78, 5) is 0.235. The van der Waals surface area contributed by atoms with Crippen LogP contribution in [0.1, 0.15) is 22.7 Å². The van der Waals surface area contributed by atoms with Gasteiger partial charge in [-0.15, -0.1) is 0 Å². The van der Waals surface area contributed by atoms with E-state index in [9.17, 15) is 8.42 Å². The van der Waals surface area contributed by atoms with Gasteiger partial charge in [0.05, 0.1) is 10.9 Å². The van der Waals surface area contributed by atoms with Crippen molar-refractivity contribution in [3.63, 3.8) is 0 Å². The van der Waals surface area contributed by atoms with Crippen molar-refractivity contribution in [2.24, 2.45) is 0 Å². The predicted molar refractivity (Wildman–Crippen MR) is 94.8 cm³/mol. The minimum absolute atomic E-state index is 0.235. The van der Waals surface area contributed by atoms with Gasteiger partial charge in [-0.1, -0.05) is 61.2 Å². The summed E-state index contributed by atoms with van der Waals surface area (Å²) in [6.45, 7) is 11.5. The lowest BCUT2D eigenvalue weighted by Gasteiger charge is -2.21. The molecule has 0 saturated heterocycles. The molecule has 2 aromatic carbocycles. The van der Waals surface area contributed by atoms with E-state index in [-0.39, 0.29) is 4.90 Å². The molecule has 1 N–H and O–H groups in total. The molecular weight excluding hydrogens is 306 g/mol. The van der Waals surface area contributed by atoms with E-state index < -0.39 is 16.1 Å². The second kappa shape index (κ2) is 6.94. The number of rotatable bonds is 6. The summed E-state index contributed by atoms with van der Waals surface area (Å²) in [5.41, 5.74) is 3.48. The molecule has 0 heterocycles. The summed E-state index contributed by atoms with van der Waals surface area (Å²) in [7, 11) is -3.65. The third kappa shape index (κ3) is 3.97. The highest BCUT2D eigenvalue weighted by Gasteiger charge is 2.23. The van der Waals surface area contributed by atoms with Crippen LogP contribution in [0.25, 0.3) is 0 Å². The van der Waals surface area contributed by atoms with Crippen LogP contribution in [0, 0.1) is 13.8 Å². The van der Waals surface area contributed by atoms with E-state index in [1.54, 1.807) is 30.3 Å². The zero-order chi connectivity index (χ0) is 17.0. The smallest absolute Gasteiger partial charge is 0.207 e. The Morgan fingerprint density at radius 2 is 1.70 bits per heavy atom. The Bertz CT molecular complexity index is 821. The van der Waals surface area contributed by atoms with Crippen molar-refractivity contribution in [3.05, 3.63) is 90.0 Å². The van der Waals surface area contributed by atoms with Gasteiger partial charge in [-0.05, 0) is 42.7 Å². The second-order valence-electron chi connectivity index (χ2n) is 5.50. The average molecular weight is 327 g/mol. The Morgan fingerprint density at radius 3 is 2.26 bits per heavy atom. The summed E-state index contributed by atoms with van der Waals surface area (Å²) in [6.07, 6.45) is 1.58. The van der Waals surface area contributed by atoms with Gasteiger partial charge in [-0.25, -0.2) is 8.42 Å². The van der Waals surface area contributed by atoms with E-state index in [0.29, 0.717) is 5.57 Å². The normalized spacial score (nSPS) is 12.6. The summed E-state index contributed by atoms with van der Waals surface area (Å²) in [5.74, 6) is 0. The second-order valence-corrected chi connectivity index (χ2v) is 7.22. The Kier molecular flexibility index (Phi) is 5.19. The number of hydrogen-bond acceptors (Lipinski definition) is 2. The maximum absolute atomic E-state index is 12.7. The third-order valence-corrected chi connectivity index (χ3v) is 5.18. The Morgan fingerprint density at radius 1 is 1.09 bits per heavy atom. The number of benzene rings is 2. The molecule has 1 unspecified atom stereocenters. The Hall–Kier alpha value is -2.17. The van der Waals surface area contributed by atoms with Crippen LogP contribution in [0.4, 0.5) is 0 Å². The van der Waals surface area contributed by atoms with Crippen molar-refractivity contribution >= 4 is 10.0 Å². The molecule has 120 valence electrons. The number of sulfonamides is 1. The zero-order valence-corrected chi connectivity index (χ0v) is 14.2. The standard InChI is InChI=1S/C19H21NO2S/c1-5-15(3)19(18-9-7-6-8-16(18)4)20-23(21,22)17-12-10-14(2)11-13-17/h5-13,19-20H,1,3H2,2,4H3. The Balaban J connectivity index is 2.42. The van der Waals surface area contributed by atoms with Gasteiger partial charge >= 0.3 is 0 Å².